The van der Waals surface area contributed by atoms with Crippen molar-refractivity contribution in [1.82, 2.24) is 0 Å². The van der Waals surface area contributed by atoms with Gasteiger partial charge in [0.05, 0.1) is 5.56 Å². The van der Waals surface area contributed by atoms with Gasteiger partial charge in [0.25, 0.3) is 0 Å². The van der Waals surface area contributed by atoms with Crippen LogP contribution >= 0.6 is 22.9 Å². The SMILES string of the molecule is CCC(C)=C(Cl)C(C)C/C=c1\sc(C)c\c1=C(\C)c1ccc(F)c(C(F)(F)F)c1. The van der Waals surface area contributed by atoms with E-state index in [4.69, 9.17) is 11.6 Å². The van der Waals surface area contributed by atoms with E-state index in [0.717, 1.165) is 50.2 Å². The van der Waals surface area contributed by atoms with Gasteiger partial charge in [-0.1, -0.05) is 43.2 Å². The van der Waals surface area contributed by atoms with Gasteiger partial charge >= 0.3 is 6.18 Å². The van der Waals surface area contributed by atoms with Crippen LogP contribution in [0.5, 0.6) is 0 Å². The number of aryl methyl sites for hydroxylation is 1. The van der Waals surface area contributed by atoms with Crippen LogP contribution in [0.15, 0.2) is 34.9 Å². The van der Waals surface area contributed by atoms with Crippen LogP contribution in [-0.4, -0.2) is 0 Å². The van der Waals surface area contributed by atoms with Crippen molar-refractivity contribution in [2.45, 2.75) is 53.6 Å². The monoisotopic (exact) mass is 444 g/mol. The van der Waals surface area contributed by atoms with Crippen molar-refractivity contribution in [2.24, 2.45) is 5.92 Å². The summed E-state index contributed by atoms with van der Waals surface area (Å²) in [6.07, 6.45) is -1.02. The lowest BCUT2D eigenvalue weighted by Crippen LogP contribution is -2.21. The summed E-state index contributed by atoms with van der Waals surface area (Å²) in [4.78, 5) is 1.06. The number of rotatable bonds is 5. The van der Waals surface area contributed by atoms with E-state index in [0.29, 0.717) is 11.1 Å². The highest BCUT2D eigenvalue weighted by Crippen LogP contribution is 2.33. The summed E-state index contributed by atoms with van der Waals surface area (Å²) >= 11 is 8.03. The molecule has 1 heterocycles. The maximum absolute atomic E-state index is 13.6. The highest BCUT2D eigenvalue weighted by atomic mass is 35.5. The van der Waals surface area contributed by atoms with E-state index in [-0.39, 0.29) is 5.92 Å². The molecular weight excluding hydrogens is 420 g/mol. The molecule has 0 spiro atoms. The molecule has 2 aromatic rings. The molecule has 0 aliphatic heterocycles. The number of halogens is 5. The van der Waals surface area contributed by atoms with Crippen LogP contribution in [0.4, 0.5) is 17.6 Å². The molecule has 0 saturated carbocycles. The van der Waals surface area contributed by atoms with Crippen molar-refractivity contribution in [3.63, 3.8) is 0 Å². The third-order valence-corrected chi connectivity index (χ3v) is 6.76. The van der Waals surface area contributed by atoms with Crippen molar-refractivity contribution in [3.05, 3.63) is 66.4 Å². The molecule has 0 fully saturated rings. The molecule has 0 saturated heterocycles. The molecule has 2 rings (SSSR count). The van der Waals surface area contributed by atoms with Crippen LogP contribution in [-0.2, 0) is 6.18 Å². The predicted octanol–water partition coefficient (Wildman–Crippen LogP) is 7.16. The Kier molecular flexibility index (Phi) is 7.74. The Morgan fingerprint density at radius 1 is 1.21 bits per heavy atom. The van der Waals surface area contributed by atoms with Gasteiger partial charge in [-0.2, -0.15) is 13.2 Å². The number of hydrogen-bond acceptors (Lipinski definition) is 1. The fourth-order valence-electron chi connectivity index (χ4n) is 3.09. The van der Waals surface area contributed by atoms with Gasteiger partial charge in [-0.15, -0.1) is 11.3 Å². The summed E-state index contributed by atoms with van der Waals surface area (Å²) in [6, 6.07) is 5.12. The third kappa shape index (κ3) is 5.73. The quantitative estimate of drug-likeness (QED) is 0.429. The minimum Gasteiger partial charge on any atom is -0.206 e. The van der Waals surface area contributed by atoms with Gasteiger partial charge in [0.2, 0.25) is 0 Å². The fraction of sp³-hybridized carbons (Fsp3) is 0.391. The fourth-order valence-corrected chi connectivity index (χ4v) is 4.33. The summed E-state index contributed by atoms with van der Waals surface area (Å²) in [7, 11) is 0. The van der Waals surface area contributed by atoms with Gasteiger partial charge in [-0.3, -0.25) is 0 Å². The summed E-state index contributed by atoms with van der Waals surface area (Å²) in [5, 5.41) is 1.72. The Morgan fingerprint density at radius 2 is 1.86 bits per heavy atom. The van der Waals surface area contributed by atoms with Gasteiger partial charge in [0.15, 0.2) is 0 Å². The van der Waals surface area contributed by atoms with E-state index in [1.54, 1.807) is 18.3 Å². The van der Waals surface area contributed by atoms with Crippen molar-refractivity contribution in [3.8, 4) is 0 Å². The summed E-state index contributed by atoms with van der Waals surface area (Å²) in [6.45, 7) is 9.87. The van der Waals surface area contributed by atoms with Gasteiger partial charge < -0.3 is 0 Å². The van der Waals surface area contributed by atoms with Crippen molar-refractivity contribution >= 4 is 34.6 Å². The van der Waals surface area contributed by atoms with E-state index in [9.17, 15) is 17.6 Å². The lowest BCUT2D eigenvalue weighted by Gasteiger charge is -2.11. The normalized spacial score (nSPS) is 16.0. The van der Waals surface area contributed by atoms with Crippen LogP contribution in [0.2, 0.25) is 0 Å². The molecular formula is C23H25ClF4S. The molecule has 29 heavy (non-hydrogen) atoms. The zero-order valence-electron chi connectivity index (χ0n) is 17.2. The summed E-state index contributed by atoms with van der Waals surface area (Å²) in [5.41, 5.74) is 0.959. The van der Waals surface area contributed by atoms with Gasteiger partial charge in [-0.25, -0.2) is 4.39 Å². The van der Waals surface area contributed by atoms with Gasteiger partial charge in [0.1, 0.15) is 5.82 Å². The summed E-state index contributed by atoms with van der Waals surface area (Å²) in [5.74, 6) is -1.10. The van der Waals surface area contributed by atoms with Crippen LogP contribution in [0.3, 0.4) is 0 Å². The van der Waals surface area contributed by atoms with Crippen molar-refractivity contribution < 1.29 is 17.6 Å². The highest BCUT2D eigenvalue weighted by molar-refractivity contribution is 7.09. The smallest absolute Gasteiger partial charge is 0.206 e. The molecule has 1 unspecified atom stereocenters. The van der Waals surface area contributed by atoms with Gasteiger partial charge in [-0.05, 0) is 74.1 Å². The Bertz CT molecular complexity index is 1030. The lowest BCUT2D eigenvalue weighted by molar-refractivity contribution is -0.140. The first-order chi connectivity index (χ1) is 13.5. The number of benzene rings is 1. The third-order valence-electron chi connectivity index (χ3n) is 5.02. The first-order valence-corrected chi connectivity index (χ1v) is 10.6. The second-order valence-corrected chi connectivity index (χ2v) is 8.97. The first-order valence-electron chi connectivity index (χ1n) is 9.45. The molecule has 6 heteroatoms. The lowest BCUT2D eigenvalue weighted by atomic mass is 10.0. The topological polar surface area (TPSA) is 0 Å². The molecule has 0 aliphatic rings. The molecule has 0 N–H and O–H groups in total. The number of alkyl halides is 3. The minimum absolute atomic E-state index is 0.162. The van der Waals surface area contributed by atoms with E-state index in [2.05, 4.69) is 19.9 Å². The van der Waals surface area contributed by atoms with E-state index in [1.165, 1.54) is 6.07 Å². The van der Waals surface area contributed by atoms with Crippen LogP contribution in [0.25, 0.3) is 11.6 Å². The first kappa shape index (κ1) is 23.7. The molecule has 0 aliphatic carbocycles. The maximum atomic E-state index is 13.6. The average Bonchev–Trinajstić information content (AvgIpc) is 3.04. The van der Waals surface area contributed by atoms with E-state index >= 15 is 0 Å². The minimum atomic E-state index is -4.73. The standard InChI is InChI=1S/C23H25ClF4S/c1-6-13(2)22(24)14(3)7-10-21-18(11-15(4)29-21)16(5)17-8-9-20(25)19(12-17)23(26,27)28/h8-12,14H,6-7H2,1-5H3/b18-16+,21-10-,22-13?. The van der Waals surface area contributed by atoms with E-state index < -0.39 is 17.6 Å². The number of thiophene rings is 1. The molecule has 0 amide bonds. The Balaban J connectivity index is 2.55. The number of hydrogen-bond donors (Lipinski definition) is 0. The summed E-state index contributed by atoms with van der Waals surface area (Å²) < 4.78 is 53.9. The molecule has 1 aromatic carbocycles. The Hall–Kier alpha value is -1.59. The second-order valence-electron chi connectivity index (χ2n) is 7.28. The Morgan fingerprint density at radius 3 is 2.45 bits per heavy atom. The molecule has 1 atom stereocenters. The van der Waals surface area contributed by atoms with Crippen LogP contribution < -0.4 is 9.75 Å². The molecule has 1 aromatic heterocycles. The van der Waals surface area contributed by atoms with E-state index in [1.807, 2.05) is 19.9 Å². The largest absolute Gasteiger partial charge is 0.419 e. The van der Waals surface area contributed by atoms with Crippen molar-refractivity contribution in [1.29, 1.82) is 0 Å². The predicted molar refractivity (Wildman–Crippen MR) is 115 cm³/mol. The zero-order valence-corrected chi connectivity index (χ0v) is 18.7. The molecule has 0 nitrogen and oxygen atoms in total. The Labute approximate surface area is 178 Å². The number of allylic oxidation sites excluding steroid dienone is 2. The second kappa shape index (κ2) is 9.48. The average molecular weight is 445 g/mol. The molecule has 158 valence electrons. The highest BCUT2D eigenvalue weighted by Gasteiger charge is 2.34. The zero-order chi connectivity index (χ0) is 21.9. The van der Waals surface area contributed by atoms with Crippen molar-refractivity contribution in [2.75, 3.05) is 0 Å². The maximum Gasteiger partial charge on any atom is 0.419 e. The van der Waals surface area contributed by atoms with Crippen LogP contribution in [0, 0.1) is 18.7 Å². The van der Waals surface area contributed by atoms with Gasteiger partial charge in [0, 0.05) is 14.4 Å². The molecule has 0 radical (unpaired) electrons. The van der Waals surface area contributed by atoms with Crippen LogP contribution in [0.1, 0.15) is 56.5 Å². The molecule has 0 bridgehead atoms.